The number of benzene rings is 2. The molecule has 2 aromatic heterocycles. The second-order valence-electron chi connectivity index (χ2n) is 9.10. The van der Waals surface area contributed by atoms with Gasteiger partial charge in [0.15, 0.2) is 17.3 Å². The standard InChI is InChI=1S/C26H26ClN7O/c1-18-3-4-19(13-23(18)27)15-30-24-22-14-20(28-2)5-6-21(22)25(32-31-24)34-10-7-26(35,8-11-34)16-33-12-9-29-17-33/h3-6,9,12-14,17,35H,7-8,10-11,15-16H2,1H3,(H,30,31). The lowest BCUT2D eigenvalue weighted by Gasteiger charge is -2.39. The molecule has 0 bridgehead atoms. The molecule has 0 saturated carbocycles. The largest absolute Gasteiger partial charge is 0.388 e. The predicted molar refractivity (Wildman–Crippen MR) is 138 cm³/mol. The van der Waals surface area contributed by atoms with Gasteiger partial charge in [0.2, 0.25) is 0 Å². The van der Waals surface area contributed by atoms with E-state index in [1.54, 1.807) is 12.5 Å². The Labute approximate surface area is 209 Å². The van der Waals surface area contributed by atoms with Gasteiger partial charge < -0.3 is 19.9 Å². The highest BCUT2D eigenvalue weighted by molar-refractivity contribution is 6.31. The second kappa shape index (κ2) is 9.53. The molecule has 0 atom stereocenters. The number of nitrogens with zero attached hydrogens (tertiary/aromatic N) is 6. The lowest BCUT2D eigenvalue weighted by atomic mass is 9.91. The van der Waals surface area contributed by atoms with E-state index in [9.17, 15) is 5.11 Å². The summed E-state index contributed by atoms with van der Waals surface area (Å²) in [6.07, 6.45) is 6.55. The number of imidazole rings is 1. The first-order chi connectivity index (χ1) is 16.9. The van der Waals surface area contributed by atoms with Crippen LogP contribution in [0.3, 0.4) is 0 Å². The average Bonchev–Trinajstić information content (AvgIpc) is 3.37. The van der Waals surface area contributed by atoms with Crippen molar-refractivity contribution in [1.29, 1.82) is 0 Å². The summed E-state index contributed by atoms with van der Waals surface area (Å²) in [5.74, 6) is 1.39. The highest BCUT2D eigenvalue weighted by atomic mass is 35.5. The minimum atomic E-state index is -0.783. The van der Waals surface area contributed by atoms with Crippen LogP contribution in [0.25, 0.3) is 15.6 Å². The van der Waals surface area contributed by atoms with Crippen LogP contribution >= 0.6 is 11.6 Å². The zero-order chi connectivity index (χ0) is 24.4. The van der Waals surface area contributed by atoms with E-state index in [4.69, 9.17) is 18.2 Å². The van der Waals surface area contributed by atoms with Crippen LogP contribution in [-0.2, 0) is 13.1 Å². The lowest BCUT2D eigenvalue weighted by molar-refractivity contribution is -0.000162. The van der Waals surface area contributed by atoms with Crippen molar-refractivity contribution in [3.05, 3.63) is 82.7 Å². The van der Waals surface area contributed by atoms with E-state index in [2.05, 4.69) is 30.2 Å². The van der Waals surface area contributed by atoms with E-state index >= 15 is 0 Å². The van der Waals surface area contributed by atoms with Gasteiger partial charge in [-0.25, -0.2) is 9.83 Å². The van der Waals surface area contributed by atoms with Crippen molar-refractivity contribution >= 4 is 39.7 Å². The summed E-state index contributed by atoms with van der Waals surface area (Å²) in [5.41, 5.74) is 1.83. The highest BCUT2D eigenvalue weighted by Crippen LogP contribution is 2.35. The molecule has 0 spiro atoms. The predicted octanol–water partition coefficient (Wildman–Crippen LogP) is 4.98. The van der Waals surface area contributed by atoms with Gasteiger partial charge in [0.25, 0.3) is 0 Å². The van der Waals surface area contributed by atoms with Gasteiger partial charge >= 0.3 is 0 Å². The zero-order valence-corrected chi connectivity index (χ0v) is 20.2. The maximum Gasteiger partial charge on any atom is 0.188 e. The monoisotopic (exact) mass is 487 g/mol. The molecule has 3 heterocycles. The van der Waals surface area contributed by atoms with Crippen molar-refractivity contribution in [3.8, 4) is 0 Å². The van der Waals surface area contributed by atoms with Gasteiger partial charge in [-0.3, -0.25) is 0 Å². The number of hydrogen-bond acceptors (Lipinski definition) is 6. The van der Waals surface area contributed by atoms with Crippen molar-refractivity contribution in [2.75, 3.05) is 23.3 Å². The van der Waals surface area contributed by atoms with Crippen molar-refractivity contribution in [1.82, 2.24) is 19.7 Å². The number of halogens is 1. The fourth-order valence-corrected chi connectivity index (χ4v) is 4.71. The van der Waals surface area contributed by atoms with E-state index in [0.29, 0.717) is 50.5 Å². The molecule has 9 heteroatoms. The van der Waals surface area contributed by atoms with Crippen molar-refractivity contribution in [3.63, 3.8) is 0 Å². The molecule has 2 aromatic carbocycles. The fourth-order valence-electron chi connectivity index (χ4n) is 4.51. The molecule has 35 heavy (non-hydrogen) atoms. The van der Waals surface area contributed by atoms with Gasteiger partial charge in [-0.2, -0.15) is 0 Å². The molecule has 5 rings (SSSR count). The van der Waals surface area contributed by atoms with Crippen LogP contribution in [-0.4, -0.2) is 43.5 Å². The van der Waals surface area contributed by atoms with Crippen molar-refractivity contribution in [2.45, 2.75) is 38.5 Å². The summed E-state index contributed by atoms with van der Waals surface area (Å²) < 4.78 is 1.92. The van der Waals surface area contributed by atoms with E-state index in [-0.39, 0.29) is 0 Å². The third-order valence-electron chi connectivity index (χ3n) is 6.60. The first-order valence-corrected chi connectivity index (χ1v) is 11.9. The lowest BCUT2D eigenvalue weighted by Crippen LogP contribution is -2.47. The molecule has 0 radical (unpaired) electrons. The normalized spacial score (nSPS) is 15.2. The quantitative estimate of drug-likeness (QED) is 0.373. The van der Waals surface area contributed by atoms with Gasteiger partial charge in [-0.15, -0.1) is 10.2 Å². The SMILES string of the molecule is [C-]#[N+]c1ccc2c(N3CCC(O)(Cn4ccnc4)CC3)nnc(NCc3ccc(C)c(Cl)c3)c2c1. The Morgan fingerprint density at radius 1 is 1.14 bits per heavy atom. The van der Waals surface area contributed by atoms with Gasteiger partial charge in [0.05, 0.1) is 25.0 Å². The zero-order valence-electron chi connectivity index (χ0n) is 19.4. The molecule has 1 aliphatic heterocycles. The number of hydrogen-bond donors (Lipinski definition) is 2. The maximum atomic E-state index is 11.1. The number of nitrogens with one attached hydrogen (secondary N) is 1. The first-order valence-electron chi connectivity index (χ1n) is 11.5. The molecule has 0 unspecified atom stereocenters. The summed E-state index contributed by atoms with van der Waals surface area (Å²) in [7, 11) is 0. The second-order valence-corrected chi connectivity index (χ2v) is 9.50. The Kier molecular flexibility index (Phi) is 6.29. The summed E-state index contributed by atoms with van der Waals surface area (Å²) in [6.45, 7) is 11.8. The highest BCUT2D eigenvalue weighted by Gasteiger charge is 2.33. The molecular formula is C26H26ClN7O. The molecule has 1 fully saturated rings. The summed E-state index contributed by atoms with van der Waals surface area (Å²) in [5, 5.41) is 26.0. The topological polar surface area (TPSA) is 83.5 Å². The number of aliphatic hydroxyl groups is 1. The Hall–Kier alpha value is -3.67. The van der Waals surface area contributed by atoms with Gasteiger partial charge in [0, 0.05) is 47.8 Å². The maximum absolute atomic E-state index is 11.1. The van der Waals surface area contributed by atoms with Crippen LogP contribution in [0, 0.1) is 13.5 Å². The van der Waals surface area contributed by atoms with Gasteiger partial charge in [-0.05, 0) is 43.0 Å². The summed E-state index contributed by atoms with van der Waals surface area (Å²) in [4.78, 5) is 9.84. The Bertz CT molecular complexity index is 1390. The number of aryl methyl sites for hydroxylation is 1. The number of anilines is 2. The molecule has 0 aliphatic carbocycles. The van der Waals surface area contributed by atoms with Crippen LogP contribution in [0.1, 0.15) is 24.0 Å². The number of aromatic nitrogens is 4. The summed E-state index contributed by atoms with van der Waals surface area (Å²) >= 11 is 6.28. The number of piperidine rings is 1. The van der Waals surface area contributed by atoms with Crippen LogP contribution in [0.4, 0.5) is 17.3 Å². The van der Waals surface area contributed by atoms with Crippen LogP contribution in [0.2, 0.25) is 5.02 Å². The van der Waals surface area contributed by atoms with E-state index in [1.807, 2.05) is 54.1 Å². The van der Waals surface area contributed by atoms with Crippen LogP contribution in [0.5, 0.6) is 0 Å². The Morgan fingerprint density at radius 3 is 2.69 bits per heavy atom. The smallest absolute Gasteiger partial charge is 0.188 e. The molecule has 1 aliphatic rings. The Morgan fingerprint density at radius 2 is 1.97 bits per heavy atom. The van der Waals surface area contributed by atoms with Crippen molar-refractivity contribution < 1.29 is 5.11 Å². The van der Waals surface area contributed by atoms with Crippen LogP contribution in [0.15, 0.2) is 55.1 Å². The third-order valence-corrected chi connectivity index (χ3v) is 7.01. The molecule has 1 saturated heterocycles. The molecule has 4 aromatic rings. The minimum Gasteiger partial charge on any atom is -0.388 e. The fraction of sp³-hybridized carbons (Fsp3) is 0.308. The van der Waals surface area contributed by atoms with Crippen molar-refractivity contribution in [2.24, 2.45) is 0 Å². The van der Waals surface area contributed by atoms with Crippen LogP contribution < -0.4 is 10.2 Å². The first kappa shape index (κ1) is 23.1. The van der Waals surface area contributed by atoms with E-state index < -0.39 is 5.60 Å². The number of fused-ring (bicyclic) bond motifs is 1. The molecule has 2 N–H and O–H groups in total. The molecule has 0 amide bonds. The molecule has 8 nitrogen and oxygen atoms in total. The summed E-state index contributed by atoms with van der Waals surface area (Å²) in [6, 6.07) is 11.6. The van der Waals surface area contributed by atoms with E-state index in [1.165, 1.54) is 0 Å². The van der Waals surface area contributed by atoms with Gasteiger partial charge in [0.1, 0.15) is 0 Å². The molecule has 178 valence electrons. The van der Waals surface area contributed by atoms with Gasteiger partial charge in [-0.1, -0.05) is 35.9 Å². The number of rotatable bonds is 6. The Balaban J connectivity index is 1.39. The third kappa shape index (κ3) is 4.92. The minimum absolute atomic E-state index is 0.521. The average molecular weight is 488 g/mol. The molecular weight excluding hydrogens is 462 g/mol. The van der Waals surface area contributed by atoms with E-state index in [0.717, 1.165) is 32.7 Å².